The van der Waals surface area contributed by atoms with Crippen LogP contribution >= 0.6 is 0 Å². The number of ether oxygens (including phenoxy) is 1. The Hall–Kier alpha value is -2.25. The van der Waals surface area contributed by atoms with Crippen molar-refractivity contribution >= 4 is 12.4 Å². The van der Waals surface area contributed by atoms with E-state index in [1.54, 1.807) is 13.8 Å². The van der Waals surface area contributed by atoms with Crippen LogP contribution in [0.2, 0.25) is 0 Å². The molecule has 0 bridgehead atoms. The smallest absolute Gasteiger partial charge is 0.479 e. The van der Waals surface area contributed by atoms with Crippen LogP contribution in [-0.2, 0) is 9.59 Å². The van der Waals surface area contributed by atoms with Crippen molar-refractivity contribution in [3.63, 3.8) is 0 Å². The second kappa shape index (κ2) is 6.47. The van der Waals surface area contributed by atoms with E-state index in [9.17, 15) is 27.9 Å². The zero-order valence-corrected chi connectivity index (χ0v) is 11.3. The number of benzene rings is 1. The Bertz CT molecular complexity index is 516. The predicted molar refractivity (Wildman–Crippen MR) is 66.5 cm³/mol. The molecule has 5 nitrogen and oxygen atoms in total. The number of para-hydroxylation sites is 1. The van der Waals surface area contributed by atoms with E-state index in [1.165, 1.54) is 18.2 Å². The molecule has 1 N–H and O–H groups in total. The molecule has 0 aliphatic rings. The first-order valence-corrected chi connectivity index (χ1v) is 5.97. The lowest BCUT2D eigenvalue weighted by atomic mass is 10.0. The second-order valence-corrected chi connectivity index (χ2v) is 4.47. The van der Waals surface area contributed by atoms with Gasteiger partial charge in [0.05, 0.1) is 0 Å². The summed E-state index contributed by atoms with van der Waals surface area (Å²) in [6.45, 7) is 3.11. The molecule has 0 saturated heterocycles. The van der Waals surface area contributed by atoms with Gasteiger partial charge in [-0.05, 0) is 19.9 Å². The van der Waals surface area contributed by atoms with Crippen LogP contribution < -0.4 is 4.74 Å². The van der Waals surface area contributed by atoms with Gasteiger partial charge in [0.2, 0.25) is 6.41 Å². The summed E-state index contributed by atoms with van der Waals surface area (Å²) in [5, 5.41) is 9.26. The molecule has 0 aliphatic heterocycles. The maximum atomic E-state index is 12.4. The highest BCUT2D eigenvalue weighted by Crippen LogP contribution is 2.33. The number of carboxylic acid groups (broad SMARTS) is 1. The van der Waals surface area contributed by atoms with Crippen molar-refractivity contribution in [2.24, 2.45) is 0 Å². The zero-order valence-electron chi connectivity index (χ0n) is 11.3. The van der Waals surface area contributed by atoms with Crippen LogP contribution in [0, 0.1) is 0 Å². The van der Waals surface area contributed by atoms with Gasteiger partial charge in [-0.3, -0.25) is 4.79 Å². The number of alkyl halides is 3. The van der Waals surface area contributed by atoms with E-state index < -0.39 is 30.2 Å². The summed E-state index contributed by atoms with van der Waals surface area (Å²) in [7, 11) is 0. The van der Waals surface area contributed by atoms with Crippen molar-refractivity contribution in [2.75, 3.05) is 0 Å². The van der Waals surface area contributed by atoms with Gasteiger partial charge in [0.1, 0.15) is 5.75 Å². The van der Waals surface area contributed by atoms with Crippen LogP contribution in [0.1, 0.15) is 25.5 Å². The van der Waals surface area contributed by atoms with Crippen molar-refractivity contribution < 1.29 is 32.6 Å². The Kier molecular flexibility index (Phi) is 5.17. The highest BCUT2D eigenvalue weighted by Gasteiger charge is 2.36. The average Bonchev–Trinajstić information content (AvgIpc) is 2.34. The van der Waals surface area contributed by atoms with E-state index in [-0.39, 0.29) is 12.0 Å². The summed E-state index contributed by atoms with van der Waals surface area (Å²) < 4.78 is 41.0. The second-order valence-electron chi connectivity index (χ2n) is 4.47. The quantitative estimate of drug-likeness (QED) is 0.820. The standard InChI is InChI=1S/C13H14F3NO4/c1-8(2)17(7-18)11(12(19)20)9-5-3-4-6-10(9)21-13(14,15)16/h3-8,11H,1-2H3,(H,19,20). The largest absolute Gasteiger partial charge is 0.573 e. The van der Waals surface area contributed by atoms with Crippen LogP contribution in [0.25, 0.3) is 0 Å². The number of hydrogen-bond donors (Lipinski definition) is 1. The van der Waals surface area contributed by atoms with E-state index >= 15 is 0 Å². The van der Waals surface area contributed by atoms with Gasteiger partial charge in [0.15, 0.2) is 6.04 Å². The molecule has 0 spiro atoms. The fourth-order valence-corrected chi connectivity index (χ4v) is 1.83. The van der Waals surface area contributed by atoms with E-state index in [4.69, 9.17) is 0 Å². The predicted octanol–water partition coefficient (Wildman–Crippen LogP) is 2.58. The Balaban J connectivity index is 3.32. The lowest BCUT2D eigenvalue weighted by molar-refractivity contribution is -0.275. The maximum absolute atomic E-state index is 12.4. The summed E-state index contributed by atoms with van der Waals surface area (Å²) in [6, 6.07) is 2.76. The zero-order chi connectivity index (χ0) is 16.2. The van der Waals surface area contributed by atoms with Gasteiger partial charge in [-0.15, -0.1) is 13.2 Å². The van der Waals surface area contributed by atoms with Crippen molar-refractivity contribution in [1.29, 1.82) is 0 Å². The molecule has 0 aliphatic carbocycles. The van der Waals surface area contributed by atoms with E-state index in [0.29, 0.717) is 0 Å². The third-order valence-electron chi connectivity index (χ3n) is 2.69. The van der Waals surface area contributed by atoms with Crippen molar-refractivity contribution in [1.82, 2.24) is 4.90 Å². The first-order valence-electron chi connectivity index (χ1n) is 5.97. The average molecular weight is 305 g/mol. The van der Waals surface area contributed by atoms with E-state index in [0.717, 1.165) is 11.0 Å². The Morgan fingerprint density at radius 1 is 1.33 bits per heavy atom. The number of rotatable bonds is 6. The Labute approximate surface area is 118 Å². The van der Waals surface area contributed by atoms with Crippen LogP contribution in [0.4, 0.5) is 13.2 Å². The third kappa shape index (κ3) is 4.37. The number of hydrogen-bond acceptors (Lipinski definition) is 3. The summed E-state index contributed by atoms with van der Waals surface area (Å²) in [4.78, 5) is 23.4. The first kappa shape index (κ1) is 16.8. The molecule has 1 amide bonds. The molecule has 1 unspecified atom stereocenters. The van der Waals surface area contributed by atoms with Gasteiger partial charge >= 0.3 is 12.3 Å². The summed E-state index contributed by atoms with van der Waals surface area (Å²) in [5.41, 5.74) is -0.247. The Morgan fingerprint density at radius 2 is 1.90 bits per heavy atom. The van der Waals surface area contributed by atoms with Crippen LogP contribution in [-0.4, -0.2) is 34.8 Å². The molecule has 1 aromatic rings. The lowest BCUT2D eigenvalue weighted by Crippen LogP contribution is -2.38. The highest BCUT2D eigenvalue weighted by molar-refractivity contribution is 5.79. The molecule has 0 radical (unpaired) electrons. The number of carbonyl (C=O) groups excluding carboxylic acids is 1. The molecule has 8 heteroatoms. The monoisotopic (exact) mass is 305 g/mol. The Morgan fingerprint density at radius 3 is 2.33 bits per heavy atom. The van der Waals surface area contributed by atoms with Gasteiger partial charge in [-0.1, -0.05) is 18.2 Å². The number of halogens is 3. The molecular formula is C13H14F3NO4. The summed E-state index contributed by atoms with van der Waals surface area (Å²) in [6.07, 6.45) is -4.67. The lowest BCUT2D eigenvalue weighted by Gasteiger charge is -2.30. The van der Waals surface area contributed by atoms with Gasteiger partial charge in [-0.25, -0.2) is 4.79 Å². The van der Waals surface area contributed by atoms with Crippen molar-refractivity contribution in [3.8, 4) is 5.75 Å². The van der Waals surface area contributed by atoms with Crippen molar-refractivity contribution in [3.05, 3.63) is 29.8 Å². The third-order valence-corrected chi connectivity index (χ3v) is 2.69. The number of amides is 1. The molecule has 0 saturated carbocycles. The molecule has 116 valence electrons. The fraction of sp³-hybridized carbons (Fsp3) is 0.385. The molecule has 21 heavy (non-hydrogen) atoms. The van der Waals surface area contributed by atoms with Gasteiger partial charge in [0.25, 0.3) is 0 Å². The minimum Gasteiger partial charge on any atom is -0.479 e. The maximum Gasteiger partial charge on any atom is 0.573 e. The fourth-order valence-electron chi connectivity index (χ4n) is 1.83. The van der Waals surface area contributed by atoms with Crippen LogP contribution in [0.5, 0.6) is 5.75 Å². The minimum absolute atomic E-state index is 0.247. The van der Waals surface area contributed by atoms with Gasteiger partial charge in [-0.2, -0.15) is 0 Å². The number of carbonyl (C=O) groups is 2. The van der Waals surface area contributed by atoms with Crippen LogP contribution in [0.15, 0.2) is 24.3 Å². The van der Waals surface area contributed by atoms with Crippen molar-refractivity contribution in [2.45, 2.75) is 32.3 Å². The molecule has 0 aromatic heterocycles. The number of aliphatic carboxylic acids is 1. The van der Waals surface area contributed by atoms with Crippen LogP contribution in [0.3, 0.4) is 0 Å². The molecule has 1 atom stereocenters. The number of carboxylic acids is 1. The molecule has 0 fully saturated rings. The van der Waals surface area contributed by atoms with Gasteiger partial charge < -0.3 is 14.7 Å². The topological polar surface area (TPSA) is 66.8 Å². The SMILES string of the molecule is CC(C)N(C=O)C(C(=O)O)c1ccccc1OC(F)(F)F. The van der Waals surface area contributed by atoms with E-state index in [1.807, 2.05) is 0 Å². The molecule has 0 heterocycles. The first-order chi connectivity index (χ1) is 9.67. The highest BCUT2D eigenvalue weighted by atomic mass is 19.4. The minimum atomic E-state index is -4.96. The molecule has 1 aromatic carbocycles. The summed E-state index contributed by atoms with van der Waals surface area (Å²) >= 11 is 0. The summed E-state index contributed by atoms with van der Waals surface area (Å²) in [5.74, 6) is -2.10. The van der Waals surface area contributed by atoms with Gasteiger partial charge in [0, 0.05) is 11.6 Å². The van der Waals surface area contributed by atoms with E-state index in [2.05, 4.69) is 4.74 Å². The molecule has 1 rings (SSSR count). The molecular weight excluding hydrogens is 291 g/mol. The number of nitrogens with zero attached hydrogens (tertiary/aromatic N) is 1. The normalized spacial score (nSPS) is 12.9.